The molecule has 0 fully saturated rings. The van der Waals surface area contributed by atoms with Crippen LogP contribution in [-0.2, 0) is 14.3 Å². The Bertz CT molecular complexity index is 979. The maximum Gasteiger partial charge on any atom is 0.315 e. The molecule has 0 radical (unpaired) electrons. The molecule has 2 atom stereocenters. The van der Waals surface area contributed by atoms with Gasteiger partial charge in [0.2, 0.25) is 5.75 Å². The Balaban J connectivity index is 2.24. The molecule has 0 amide bonds. The van der Waals surface area contributed by atoms with E-state index < -0.39 is 17.8 Å². The van der Waals surface area contributed by atoms with Gasteiger partial charge in [0, 0.05) is 29.3 Å². The number of aliphatic imine (C=N–C) groups is 1. The summed E-state index contributed by atoms with van der Waals surface area (Å²) < 4.78 is 21.9. The minimum Gasteiger partial charge on any atom is -0.493 e. The van der Waals surface area contributed by atoms with E-state index >= 15 is 0 Å². The third-order valence-corrected chi connectivity index (χ3v) is 5.95. The van der Waals surface area contributed by atoms with Crippen molar-refractivity contribution in [2.75, 3.05) is 27.9 Å². The summed E-state index contributed by atoms with van der Waals surface area (Å²) in [7, 11) is 4.59. The highest BCUT2D eigenvalue weighted by Crippen LogP contribution is 2.50. The molecule has 32 heavy (non-hydrogen) atoms. The molecule has 0 saturated heterocycles. The second kappa shape index (κ2) is 9.18. The third kappa shape index (κ3) is 4.29. The first-order valence-corrected chi connectivity index (χ1v) is 10.6. The van der Waals surface area contributed by atoms with Crippen molar-refractivity contribution in [2.24, 2.45) is 16.3 Å². The lowest BCUT2D eigenvalue weighted by Crippen LogP contribution is -2.39. The number of hydrogen-bond donors (Lipinski definition) is 0. The van der Waals surface area contributed by atoms with Crippen LogP contribution < -0.4 is 14.2 Å². The molecule has 1 unspecified atom stereocenters. The Morgan fingerprint density at radius 1 is 1.16 bits per heavy atom. The Hall–Kier alpha value is -3.09. The second-order valence-electron chi connectivity index (χ2n) is 8.89. The molecule has 0 aromatic heterocycles. The number of carbonyl (C=O) groups excluding carboxylic acids is 2. The largest absolute Gasteiger partial charge is 0.493 e. The zero-order valence-corrected chi connectivity index (χ0v) is 19.6. The molecule has 1 aliphatic carbocycles. The summed E-state index contributed by atoms with van der Waals surface area (Å²) in [6.07, 6.45) is 2.55. The van der Waals surface area contributed by atoms with Gasteiger partial charge in [-0.1, -0.05) is 26.5 Å². The van der Waals surface area contributed by atoms with E-state index in [1.165, 1.54) is 27.4 Å². The lowest BCUT2D eigenvalue weighted by molar-refractivity contribution is -0.145. The van der Waals surface area contributed by atoms with E-state index in [1.807, 2.05) is 0 Å². The van der Waals surface area contributed by atoms with Gasteiger partial charge in [0.05, 0.1) is 21.3 Å². The smallest absolute Gasteiger partial charge is 0.315 e. The molecule has 7 nitrogen and oxygen atoms in total. The number of ether oxygens (including phenoxy) is 4. The summed E-state index contributed by atoms with van der Waals surface area (Å²) in [4.78, 5) is 31.2. The Labute approximate surface area is 189 Å². The van der Waals surface area contributed by atoms with Crippen molar-refractivity contribution in [3.63, 3.8) is 0 Å². The zero-order chi connectivity index (χ0) is 23.6. The van der Waals surface area contributed by atoms with Crippen LogP contribution in [0.25, 0.3) is 0 Å². The number of hydrogen-bond acceptors (Lipinski definition) is 7. The first kappa shape index (κ1) is 23.6. The molecule has 2 aliphatic rings. The highest BCUT2D eigenvalue weighted by molar-refractivity contribution is 6.09. The Morgan fingerprint density at radius 3 is 2.31 bits per heavy atom. The number of methoxy groups -OCH3 is 3. The van der Waals surface area contributed by atoms with Crippen LogP contribution in [0.2, 0.25) is 0 Å². The van der Waals surface area contributed by atoms with Crippen molar-refractivity contribution in [3.05, 3.63) is 41.6 Å². The summed E-state index contributed by atoms with van der Waals surface area (Å²) in [6.45, 7) is 9.61. The summed E-state index contributed by atoms with van der Waals surface area (Å²) >= 11 is 0. The summed E-state index contributed by atoms with van der Waals surface area (Å²) in [5.74, 6) is -0.436. The van der Waals surface area contributed by atoms with Crippen molar-refractivity contribution in [2.45, 2.75) is 39.5 Å². The predicted molar refractivity (Wildman–Crippen MR) is 122 cm³/mol. The number of esters is 1. The number of nitrogens with zero attached hydrogens (tertiary/aromatic N) is 1. The van der Waals surface area contributed by atoms with Crippen molar-refractivity contribution >= 4 is 17.5 Å². The van der Waals surface area contributed by atoms with Crippen molar-refractivity contribution in [1.29, 1.82) is 0 Å². The van der Waals surface area contributed by atoms with Gasteiger partial charge in [-0.05, 0) is 36.5 Å². The molecule has 0 saturated carbocycles. The van der Waals surface area contributed by atoms with E-state index in [4.69, 9.17) is 23.9 Å². The predicted octanol–water partition coefficient (Wildman–Crippen LogP) is 4.26. The SMILES string of the molecule is C=CCOC(=O)C1C(C)=NC2=C(C(=O)CC(C)(C)C2)[C@@H]1c1cc(OC)c(OC)c(OC)c1. The van der Waals surface area contributed by atoms with Crippen LogP contribution in [0.3, 0.4) is 0 Å². The lowest BCUT2D eigenvalue weighted by Gasteiger charge is -2.39. The number of rotatable bonds is 7. The average Bonchev–Trinajstić information content (AvgIpc) is 2.74. The van der Waals surface area contributed by atoms with Crippen molar-refractivity contribution < 1.29 is 28.5 Å². The molecule has 1 aliphatic heterocycles. The van der Waals surface area contributed by atoms with Crippen LogP contribution >= 0.6 is 0 Å². The van der Waals surface area contributed by atoms with Crippen LogP contribution in [-0.4, -0.2) is 45.4 Å². The van der Waals surface area contributed by atoms with Gasteiger partial charge in [-0.2, -0.15) is 0 Å². The van der Waals surface area contributed by atoms with E-state index in [9.17, 15) is 9.59 Å². The van der Waals surface area contributed by atoms with Gasteiger partial charge in [0.25, 0.3) is 0 Å². The van der Waals surface area contributed by atoms with Crippen molar-refractivity contribution in [1.82, 2.24) is 0 Å². The molecule has 1 heterocycles. The van der Waals surface area contributed by atoms with Gasteiger partial charge < -0.3 is 18.9 Å². The Morgan fingerprint density at radius 2 is 1.78 bits per heavy atom. The normalized spacial score (nSPS) is 21.9. The lowest BCUT2D eigenvalue weighted by atomic mass is 9.67. The van der Waals surface area contributed by atoms with Crippen LogP contribution in [0.4, 0.5) is 0 Å². The van der Waals surface area contributed by atoms with E-state index in [0.29, 0.717) is 46.9 Å². The molecule has 0 spiro atoms. The fourth-order valence-electron chi connectivity index (χ4n) is 4.62. The van der Waals surface area contributed by atoms with Gasteiger partial charge in [-0.3, -0.25) is 14.6 Å². The van der Waals surface area contributed by atoms with Gasteiger partial charge in [0.15, 0.2) is 17.3 Å². The van der Waals surface area contributed by atoms with Crippen LogP contribution in [0.5, 0.6) is 17.2 Å². The van der Waals surface area contributed by atoms with Gasteiger partial charge in [-0.25, -0.2) is 0 Å². The van der Waals surface area contributed by atoms with Crippen molar-refractivity contribution in [3.8, 4) is 17.2 Å². The number of allylic oxidation sites excluding steroid dienone is 2. The highest BCUT2D eigenvalue weighted by atomic mass is 16.5. The standard InChI is InChI=1S/C25H31NO6/c1-8-9-32-24(28)20-14(2)26-16-12-25(3,4)13-17(27)22(16)21(20)15-10-18(29-5)23(31-7)19(11-15)30-6/h8,10-11,20-21H,1,9,12-13H2,2-7H3/t20?,21-/m1/s1. The third-order valence-electron chi connectivity index (χ3n) is 5.95. The summed E-state index contributed by atoms with van der Waals surface area (Å²) in [5, 5.41) is 0. The van der Waals surface area contributed by atoms with Crippen LogP contribution in [0.15, 0.2) is 41.1 Å². The molecular weight excluding hydrogens is 410 g/mol. The van der Waals surface area contributed by atoms with E-state index in [0.717, 1.165) is 5.70 Å². The topological polar surface area (TPSA) is 83.4 Å². The summed E-state index contributed by atoms with van der Waals surface area (Å²) in [5.41, 5.74) is 2.41. The molecule has 0 bridgehead atoms. The van der Waals surface area contributed by atoms with Crippen LogP contribution in [0, 0.1) is 11.3 Å². The molecule has 0 N–H and O–H groups in total. The first-order chi connectivity index (χ1) is 15.2. The fraction of sp³-hybridized carbons (Fsp3) is 0.480. The average molecular weight is 442 g/mol. The highest BCUT2D eigenvalue weighted by Gasteiger charge is 2.46. The van der Waals surface area contributed by atoms with Gasteiger partial charge in [-0.15, -0.1) is 0 Å². The molecular formula is C25H31NO6. The number of carbonyl (C=O) groups is 2. The van der Waals surface area contributed by atoms with E-state index in [2.05, 4.69) is 20.4 Å². The fourth-order valence-corrected chi connectivity index (χ4v) is 4.62. The monoisotopic (exact) mass is 441 g/mol. The summed E-state index contributed by atoms with van der Waals surface area (Å²) in [6, 6.07) is 3.58. The van der Waals surface area contributed by atoms with E-state index in [-0.39, 0.29) is 17.8 Å². The molecule has 1 aromatic carbocycles. The molecule has 3 rings (SSSR count). The number of ketones is 1. The minimum absolute atomic E-state index is 0.00669. The maximum atomic E-state index is 13.4. The molecule has 7 heteroatoms. The Kier molecular flexibility index (Phi) is 6.77. The zero-order valence-electron chi connectivity index (χ0n) is 19.6. The second-order valence-corrected chi connectivity index (χ2v) is 8.89. The van der Waals surface area contributed by atoms with Gasteiger partial charge >= 0.3 is 5.97 Å². The molecule has 172 valence electrons. The van der Waals surface area contributed by atoms with Gasteiger partial charge in [0.1, 0.15) is 12.5 Å². The first-order valence-electron chi connectivity index (χ1n) is 10.6. The van der Waals surface area contributed by atoms with E-state index in [1.54, 1.807) is 19.1 Å². The minimum atomic E-state index is -0.748. The number of Topliss-reactive ketones (excluding diaryl/α,β-unsaturated/α-hetero) is 1. The maximum absolute atomic E-state index is 13.4. The quantitative estimate of drug-likeness (QED) is 0.464. The molecule has 1 aromatic rings. The van der Waals surface area contributed by atoms with Crippen LogP contribution in [0.1, 0.15) is 45.1 Å². The number of benzene rings is 1.